The van der Waals surface area contributed by atoms with Gasteiger partial charge in [0.1, 0.15) is 6.61 Å². The first kappa shape index (κ1) is 15.5. The molecule has 1 amide bonds. The average Bonchev–Trinajstić information content (AvgIpc) is 2.87. The summed E-state index contributed by atoms with van der Waals surface area (Å²) in [6.45, 7) is 1.56. The van der Waals surface area contributed by atoms with Crippen LogP contribution in [0, 0.1) is 0 Å². The van der Waals surface area contributed by atoms with E-state index in [2.05, 4.69) is 17.4 Å². The number of aliphatic hydroxyl groups is 2. The van der Waals surface area contributed by atoms with Crippen LogP contribution in [0.1, 0.15) is 24.0 Å². The van der Waals surface area contributed by atoms with Gasteiger partial charge < -0.3 is 14.9 Å². The smallest absolute Gasteiger partial charge is 0.409 e. The van der Waals surface area contributed by atoms with Gasteiger partial charge in [0.05, 0.1) is 6.10 Å². The van der Waals surface area contributed by atoms with E-state index in [1.54, 1.807) is 0 Å². The summed E-state index contributed by atoms with van der Waals surface area (Å²) >= 11 is 0. The van der Waals surface area contributed by atoms with Crippen molar-refractivity contribution in [1.29, 1.82) is 0 Å². The summed E-state index contributed by atoms with van der Waals surface area (Å²) in [5, 5.41) is 20.8. The molecule has 5 heteroatoms. The molecule has 3 N–H and O–H groups in total. The Hall–Kier alpha value is -2.37. The summed E-state index contributed by atoms with van der Waals surface area (Å²) in [6.07, 6.45) is -3.15. The fourth-order valence-corrected chi connectivity index (χ4v) is 2.88. The van der Waals surface area contributed by atoms with E-state index in [1.165, 1.54) is 6.92 Å². The van der Waals surface area contributed by atoms with E-state index in [9.17, 15) is 15.0 Å². The van der Waals surface area contributed by atoms with Crippen molar-refractivity contribution < 1.29 is 19.7 Å². The SMILES string of the molecule is CC(O)C(O)NC(=O)OCC1c2ccccc2-c2ccccc21. The largest absolute Gasteiger partial charge is 0.448 e. The lowest BCUT2D eigenvalue weighted by Crippen LogP contribution is -2.42. The monoisotopic (exact) mass is 313 g/mol. The van der Waals surface area contributed by atoms with Gasteiger partial charge in [0, 0.05) is 5.92 Å². The van der Waals surface area contributed by atoms with Gasteiger partial charge in [-0.15, -0.1) is 0 Å². The lowest BCUT2D eigenvalue weighted by molar-refractivity contribution is 0.00744. The summed E-state index contributed by atoms with van der Waals surface area (Å²) in [7, 11) is 0. The summed E-state index contributed by atoms with van der Waals surface area (Å²) < 4.78 is 5.24. The molecule has 1 aliphatic carbocycles. The van der Waals surface area contributed by atoms with E-state index in [1.807, 2.05) is 36.4 Å². The fraction of sp³-hybridized carbons (Fsp3) is 0.278. The molecule has 0 radical (unpaired) electrons. The van der Waals surface area contributed by atoms with Crippen molar-refractivity contribution in [2.75, 3.05) is 6.61 Å². The zero-order valence-electron chi connectivity index (χ0n) is 12.8. The summed E-state index contributed by atoms with van der Waals surface area (Å²) in [4.78, 5) is 11.7. The Morgan fingerprint density at radius 3 is 2.13 bits per heavy atom. The molecule has 3 rings (SSSR count). The zero-order valence-corrected chi connectivity index (χ0v) is 12.8. The minimum atomic E-state index is -1.34. The highest BCUT2D eigenvalue weighted by molar-refractivity contribution is 5.79. The number of benzene rings is 2. The van der Waals surface area contributed by atoms with E-state index in [-0.39, 0.29) is 12.5 Å². The van der Waals surface area contributed by atoms with Crippen molar-refractivity contribution in [2.45, 2.75) is 25.2 Å². The molecule has 120 valence electrons. The Kier molecular flexibility index (Phi) is 4.32. The molecule has 0 aliphatic heterocycles. The lowest BCUT2D eigenvalue weighted by Gasteiger charge is -2.17. The molecule has 23 heavy (non-hydrogen) atoms. The Morgan fingerprint density at radius 2 is 1.61 bits per heavy atom. The van der Waals surface area contributed by atoms with Crippen molar-refractivity contribution >= 4 is 6.09 Å². The second kappa shape index (κ2) is 6.40. The van der Waals surface area contributed by atoms with Gasteiger partial charge in [0.2, 0.25) is 0 Å². The topological polar surface area (TPSA) is 78.8 Å². The quantitative estimate of drug-likeness (QED) is 0.756. The molecule has 2 aromatic carbocycles. The fourth-order valence-electron chi connectivity index (χ4n) is 2.88. The molecule has 0 bridgehead atoms. The van der Waals surface area contributed by atoms with Crippen LogP contribution in [0.25, 0.3) is 11.1 Å². The van der Waals surface area contributed by atoms with Crippen LogP contribution < -0.4 is 5.32 Å². The maximum absolute atomic E-state index is 11.7. The number of ether oxygens (including phenoxy) is 1. The number of fused-ring (bicyclic) bond motifs is 3. The minimum absolute atomic E-state index is 0.0307. The highest BCUT2D eigenvalue weighted by Gasteiger charge is 2.29. The molecule has 0 heterocycles. The van der Waals surface area contributed by atoms with Gasteiger partial charge in [-0.1, -0.05) is 48.5 Å². The number of aliphatic hydroxyl groups excluding tert-OH is 2. The summed E-state index contributed by atoms with van der Waals surface area (Å²) in [5.74, 6) is -0.0307. The van der Waals surface area contributed by atoms with E-state index in [0.29, 0.717) is 0 Å². The van der Waals surface area contributed by atoms with Crippen molar-refractivity contribution in [3.8, 4) is 11.1 Å². The van der Waals surface area contributed by atoms with Crippen LogP contribution in [-0.2, 0) is 4.74 Å². The van der Waals surface area contributed by atoms with Gasteiger partial charge in [-0.05, 0) is 29.2 Å². The van der Waals surface area contributed by atoms with Crippen LogP contribution in [0.5, 0.6) is 0 Å². The molecule has 0 aromatic heterocycles. The molecular formula is C18H19NO4. The molecule has 2 unspecified atom stereocenters. The van der Waals surface area contributed by atoms with Crippen molar-refractivity contribution in [2.24, 2.45) is 0 Å². The highest BCUT2D eigenvalue weighted by Crippen LogP contribution is 2.44. The van der Waals surface area contributed by atoms with Gasteiger partial charge in [-0.3, -0.25) is 5.32 Å². The van der Waals surface area contributed by atoms with Crippen LogP contribution in [0.15, 0.2) is 48.5 Å². The summed E-state index contributed by atoms with van der Waals surface area (Å²) in [6, 6.07) is 16.1. The van der Waals surface area contributed by atoms with Crippen LogP contribution in [0.4, 0.5) is 4.79 Å². The number of alkyl carbamates (subject to hydrolysis) is 1. The molecule has 1 aliphatic rings. The van der Waals surface area contributed by atoms with E-state index < -0.39 is 18.4 Å². The third-order valence-corrected chi connectivity index (χ3v) is 4.07. The third-order valence-electron chi connectivity index (χ3n) is 4.07. The maximum atomic E-state index is 11.7. The molecule has 0 fully saturated rings. The number of carbonyl (C=O) groups is 1. The molecule has 0 saturated carbocycles. The Labute approximate surface area is 134 Å². The second-order valence-electron chi connectivity index (χ2n) is 5.66. The molecule has 0 saturated heterocycles. The normalized spacial score (nSPS) is 15.4. The number of hydrogen-bond acceptors (Lipinski definition) is 4. The van der Waals surface area contributed by atoms with Gasteiger partial charge >= 0.3 is 6.09 Å². The second-order valence-corrected chi connectivity index (χ2v) is 5.66. The van der Waals surface area contributed by atoms with Crippen LogP contribution in [-0.4, -0.2) is 35.2 Å². The van der Waals surface area contributed by atoms with Crippen molar-refractivity contribution in [3.05, 3.63) is 59.7 Å². The number of amides is 1. The third kappa shape index (κ3) is 3.06. The number of carbonyl (C=O) groups excluding carboxylic acids is 1. The highest BCUT2D eigenvalue weighted by atomic mass is 16.6. The number of hydrogen-bond donors (Lipinski definition) is 3. The van der Waals surface area contributed by atoms with E-state index >= 15 is 0 Å². The Bertz CT molecular complexity index is 668. The van der Waals surface area contributed by atoms with Gasteiger partial charge in [0.25, 0.3) is 0 Å². The maximum Gasteiger partial charge on any atom is 0.409 e. The first-order valence-corrected chi connectivity index (χ1v) is 7.55. The van der Waals surface area contributed by atoms with E-state index in [4.69, 9.17) is 4.74 Å². The first-order valence-electron chi connectivity index (χ1n) is 7.55. The lowest BCUT2D eigenvalue weighted by atomic mass is 9.98. The van der Waals surface area contributed by atoms with E-state index in [0.717, 1.165) is 22.3 Å². The standard InChI is InChI=1S/C18H19NO4/c1-11(20)17(21)19-18(22)23-10-16-14-8-4-2-6-12(14)13-7-3-5-9-15(13)16/h2-9,11,16-17,20-21H,10H2,1H3,(H,19,22). The number of nitrogens with one attached hydrogen (secondary N) is 1. The Balaban J connectivity index is 1.75. The van der Waals surface area contributed by atoms with Gasteiger partial charge in [0.15, 0.2) is 6.23 Å². The average molecular weight is 313 g/mol. The van der Waals surface area contributed by atoms with Crippen molar-refractivity contribution in [3.63, 3.8) is 0 Å². The zero-order chi connectivity index (χ0) is 16.4. The Morgan fingerprint density at radius 1 is 1.09 bits per heavy atom. The van der Waals surface area contributed by atoms with Crippen LogP contribution in [0.3, 0.4) is 0 Å². The van der Waals surface area contributed by atoms with Gasteiger partial charge in [-0.2, -0.15) is 0 Å². The predicted molar refractivity (Wildman–Crippen MR) is 85.9 cm³/mol. The minimum Gasteiger partial charge on any atom is -0.448 e. The molecule has 2 aromatic rings. The first-order chi connectivity index (χ1) is 11.1. The van der Waals surface area contributed by atoms with Gasteiger partial charge in [-0.25, -0.2) is 4.79 Å². The van der Waals surface area contributed by atoms with Crippen LogP contribution >= 0.6 is 0 Å². The molecular weight excluding hydrogens is 294 g/mol. The molecule has 5 nitrogen and oxygen atoms in total. The summed E-state index contributed by atoms with van der Waals surface area (Å²) in [5.41, 5.74) is 4.55. The van der Waals surface area contributed by atoms with Crippen LogP contribution in [0.2, 0.25) is 0 Å². The molecule has 2 atom stereocenters. The van der Waals surface area contributed by atoms with Crippen molar-refractivity contribution in [1.82, 2.24) is 5.32 Å². The predicted octanol–water partition coefficient (Wildman–Crippen LogP) is 2.22. The number of rotatable bonds is 4. The molecule has 0 spiro atoms.